The van der Waals surface area contributed by atoms with Crippen molar-refractivity contribution in [3.05, 3.63) is 48.5 Å². The third-order valence-corrected chi connectivity index (χ3v) is 4.11. The van der Waals surface area contributed by atoms with E-state index >= 15 is 0 Å². The molecule has 24 heavy (non-hydrogen) atoms. The largest absolute Gasteiger partial charge is 0.490 e. The maximum Gasteiger partial charge on any atom is 0.161 e. The number of para-hydroxylation sites is 1. The van der Waals surface area contributed by atoms with Crippen LogP contribution in [0.1, 0.15) is 26.7 Å². The molecule has 0 amide bonds. The molecule has 3 rings (SSSR count). The SMILES string of the molecule is CCCOc1ccc(-c2cc3ccccc3n2C)cc1OCCC. The van der Waals surface area contributed by atoms with Crippen molar-refractivity contribution in [3.8, 4) is 22.8 Å². The van der Waals surface area contributed by atoms with Gasteiger partial charge in [-0.3, -0.25) is 0 Å². The second-order valence-corrected chi connectivity index (χ2v) is 6.01. The molecule has 1 heterocycles. The van der Waals surface area contributed by atoms with Gasteiger partial charge in [0.05, 0.1) is 13.2 Å². The van der Waals surface area contributed by atoms with Crippen LogP contribution < -0.4 is 9.47 Å². The maximum absolute atomic E-state index is 5.93. The lowest BCUT2D eigenvalue weighted by molar-refractivity contribution is 0.268. The van der Waals surface area contributed by atoms with E-state index in [1.807, 2.05) is 6.07 Å². The Balaban J connectivity index is 2.01. The minimum Gasteiger partial charge on any atom is -0.490 e. The number of hydrogen-bond donors (Lipinski definition) is 0. The molecule has 1 aromatic heterocycles. The van der Waals surface area contributed by atoms with Gasteiger partial charge in [-0.1, -0.05) is 32.0 Å². The number of fused-ring (bicyclic) bond motifs is 1. The number of aryl methyl sites for hydroxylation is 1. The van der Waals surface area contributed by atoms with Crippen molar-refractivity contribution in [1.82, 2.24) is 4.57 Å². The summed E-state index contributed by atoms with van der Waals surface area (Å²) in [4.78, 5) is 0. The molecule has 3 nitrogen and oxygen atoms in total. The van der Waals surface area contributed by atoms with Crippen LogP contribution in [0, 0.1) is 0 Å². The first kappa shape index (κ1) is 16.4. The fourth-order valence-corrected chi connectivity index (χ4v) is 2.89. The Hall–Kier alpha value is -2.42. The van der Waals surface area contributed by atoms with E-state index in [0.29, 0.717) is 13.2 Å². The quantitative estimate of drug-likeness (QED) is 0.579. The van der Waals surface area contributed by atoms with Crippen LogP contribution in [0.25, 0.3) is 22.2 Å². The topological polar surface area (TPSA) is 23.4 Å². The molecule has 0 fully saturated rings. The van der Waals surface area contributed by atoms with Crippen molar-refractivity contribution < 1.29 is 9.47 Å². The summed E-state index contributed by atoms with van der Waals surface area (Å²) >= 11 is 0. The van der Waals surface area contributed by atoms with Gasteiger partial charge >= 0.3 is 0 Å². The smallest absolute Gasteiger partial charge is 0.161 e. The van der Waals surface area contributed by atoms with E-state index in [-0.39, 0.29) is 0 Å². The summed E-state index contributed by atoms with van der Waals surface area (Å²) in [5, 5.41) is 1.25. The van der Waals surface area contributed by atoms with E-state index in [1.165, 1.54) is 16.6 Å². The zero-order valence-electron chi connectivity index (χ0n) is 14.7. The summed E-state index contributed by atoms with van der Waals surface area (Å²) in [6.45, 7) is 5.62. The van der Waals surface area contributed by atoms with Crippen LogP contribution in [0.3, 0.4) is 0 Å². The molecular formula is C21H25NO2. The zero-order chi connectivity index (χ0) is 16.9. The highest BCUT2D eigenvalue weighted by Crippen LogP contribution is 2.35. The molecule has 0 N–H and O–H groups in total. The van der Waals surface area contributed by atoms with Crippen LogP contribution in [0.2, 0.25) is 0 Å². The number of rotatable bonds is 7. The molecule has 0 unspecified atom stereocenters. The standard InChI is InChI=1S/C21H25NO2/c1-4-12-23-20-11-10-17(15-21(20)24-13-5-2)19-14-16-8-6-7-9-18(16)22(19)3/h6-11,14-15H,4-5,12-13H2,1-3H3. The molecule has 126 valence electrons. The van der Waals surface area contributed by atoms with Crippen molar-refractivity contribution in [3.63, 3.8) is 0 Å². The molecule has 0 saturated heterocycles. The second kappa shape index (κ2) is 7.43. The van der Waals surface area contributed by atoms with Crippen molar-refractivity contribution in [2.75, 3.05) is 13.2 Å². The van der Waals surface area contributed by atoms with Gasteiger partial charge in [-0.25, -0.2) is 0 Å². The summed E-state index contributed by atoms with van der Waals surface area (Å²) < 4.78 is 14.0. The number of benzene rings is 2. The molecule has 3 heteroatoms. The maximum atomic E-state index is 5.93. The number of ether oxygens (including phenoxy) is 2. The average Bonchev–Trinajstić information content (AvgIpc) is 2.95. The second-order valence-electron chi connectivity index (χ2n) is 6.01. The molecular weight excluding hydrogens is 298 g/mol. The normalized spacial score (nSPS) is 11.0. The fourth-order valence-electron chi connectivity index (χ4n) is 2.89. The molecule has 0 bridgehead atoms. The lowest BCUT2D eigenvalue weighted by Crippen LogP contribution is -2.01. The van der Waals surface area contributed by atoms with Gasteiger partial charge in [0.1, 0.15) is 0 Å². The van der Waals surface area contributed by atoms with Gasteiger partial charge in [0, 0.05) is 29.2 Å². The molecule has 0 spiro atoms. The van der Waals surface area contributed by atoms with Crippen molar-refractivity contribution in [2.45, 2.75) is 26.7 Å². The Bertz CT molecular complexity index is 820. The summed E-state index contributed by atoms with van der Waals surface area (Å²) in [5.74, 6) is 1.65. The third-order valence-electron chi connectivity index (χ3n) is 4.11. The zero-order valence-corrected chi connectivity index (χ0v) is 14.7. The Labute approximate surface area is 143 Å². The Kier molecular flexibility index (Phi) is 5.09. The van der Waals surface area contributed by atoms with Crippen LogP contribution in [0.5, 0.6) is 11.5 Å². The first-order valence-electron chi connectivity index (χ1n) is 8.69. The number of aromatic nitrogens is 1. The monoisotopic (exact) mass is 323 g/mol. The van der Waals surface area contributed by atoms with E-state index in [0.717, 1.165) is 29.9 Å². The Morgan fingerprint density at radius 1 is 0.833 bits per heavy atom. The van der Waals surface area contributed by atoms with E-state index < -0.39 is 0 Å². The number of nitrogens with zero attached hydrogens (tertiary/aromatic N) is 1. The highest BCUT2D eigenvalue weighted by atomic mass is 16.5. The number of hydrogen-bond acceptors (Lipinski definition) is 2. The third kappa shape index (κ3) is 3.25. The van der Waals surface area contributed by atoms with E-state index in [2.05, 4.69) is 67.9 Å². The molecule has 0 radical (unpaired) electrons. The highest BCUT2D eigenvalue weighted by molar-refractivity contribution is 5.87. The Morgan fingerprint density at radius 3 is 2.25 bits per heavy atom. The predicted molar refractivity (Wildman–Crippen MR) is 99.9 cm³/mol. The van der Waals surface area contributed by atoms with Crippen LogP contribution in [-0.4, -0.2) is 17.8 Å². The Morgan fingerprint density at radius 2 is 1.54 bits per heavy atom. The summed E-state index contributed by atoms with van der Waals surface area (Å²) in [7, 11) is 2.10. The first-order chi connectivity index (χ1) is 11.7. The lowest BCUT2D eigenvalue weighted by atomic mass is 10.1. The molecule has 0 saturated carbocycles. The van der Waals surface area contributed by atoms with Crippen molar-refractivity contribution in [2.24, 2.45) is 7.05 Å². The molecule has 2 aromatic carbocycles. The van der Waals surface area contributed by atoms with E-state index in [1.54, 1.807) is 0 Å². The summed E-state index contributed by atoms with van der Waals surface area (Å²) in [6, 6.07) is 16.9. The van der Waals surface area contributed by atoms with Gasteiger partial charge < -0.3 is 14.0 Å². The highest BCUT2D eigenvalue weighted by Gasteiger charge is 2.12. The first-order valence-corrected chi connectivity index (χ1v) is 8.69. The van der Waals surface area contributed by atoms with Gasteiger partial charge in [-0.15, -0.1) is 0 Å². The van der Waals surface area contributed by atoms with Crippen LogP contribution >= 0.6 is 0 Å². The summed E-state index contributed by atoms with van der Waals surface area (Å²) in [6.07, 6.45) is 1.96. The van der Waals surface area contributed by atoms with Crippen LogP contribution in [-0.2, 0) is 7.05 Å². The van der Waals surface area contributed by atoms with Crippen molar-refractivity contribution >= 4 is 10.9 Å². The van der Waals surface area contributed by atoms with E-state index in [9.17, 15) is 0 Å². The molecule has 3 aromatic rings. The molecule has 0 aliphatic heterocycles. The fraction of sp³-hybridized carbons (Fsp3) is 0.333. The van der Waals surface area contributed by atoms with Gasteiger partial charge in [0.15, 0.2) is 11.5 Å². The summed E-state index contributed by atoms with van der Waals surface area (Å²) in [5.41, 5.74) is 3.55. The van der Waals surface area contributed by atoms with Crippen LogP contribution in [0.15, 0.2) is 48.5 Å². The van der Waals surface area contributed by atoms with Gasteiger partial charge in [-0.2, -0.15) is 0 Å². The lowest BCUT2D eigenvalue weighted by Gasteiger charge is -2.14. The van der Waals surface area contributed by atoms with E-state index in [4.69, 9.17) is 9.47 Å². The van der Waals surface area contributed by atoms with Crippen molar-refractivity contribution in [1.29, 1.82) is 0 Å². The minimum atomic E-state index is 0.695. The van der Waals surface area contributed by atoms with Gasteiger partial charge in [0.2, 0.25) is 0 Å². The van der Waals surface area contributed by atoms with Gasteiger partial charge in [0.25, 0.3) is 0 Å². The predicted octanol–water partition coefficient (Wildman–Crippen LogP) is 5.42. The molecule has 0 atom stereocenters. The average molecular weight is 323 g/mol. The minimum absolute atomic E-state index is 0.695. The van der Waals surface area contributed by atoms with Gasteiger partial charge in [-0.05, 0) is 43.2 Å². The van der Waals surface area contributed by atoms with Crippen LogP contribution in [0.4, 0.5) is 0 Å². The molecule has 0 aliphatic rings. The molecule has 0 aliphatic carbocycles.